The van der Waals surface area contributed by atoms with E-state index in [1.165, 1.54) is 22.7 Å². The lowest BCUT2D eigenvalue weighted by Gasteiger charge is -2.10. The van der Waals surface area contributed by atoms with Crippen LogP contribution in [0.4, 0.5) is 5.69 Å². The maximum absolute atomic E-state index is 3.47. The van der Waals surface area contributed by atoms with Crippen LogP contribution in [0.3, 0.4) is 0 Å². The van der Waals surface area contributed by atoms with Crippen molar-refractivity contribution in [3.63, 3.8) is 0 Å². The molecule has 0 aliphatic carbocycles. The van der Waals surface area contributed by atoms with Gasteiger partial charge in [-0.25, -0.2) is 0 Å². The lowest BCUT2D eigenvalue weighted by molar-refractivity contribution is 0.654. The van der Waals surface area contributed by atoms with Crippen molar-refractivity contribution in [3.8, 4) is 0 Å². The Hall–Kier alpha value is -1.35. The van der Waals surface area contributed by atoms with Crippen molar-refractivity contribution in [2.75, 3.05) is 11.6 Å². The van der Waals surface area contributed by atoms with Crippen LogP contribution < -0.4 is 5.32 Å². The smallest absolute Gasteiger partial charge is 0.0553 e. The number of rotatable bonds is 6. The average molecular weight is 260 g/mol. The van der Waals surface area contributed by atoms with E-state index in [9.17, 15) is 0 Å². The minimum absolute atomic E-state index is 0.881. The molecule has 0 spiro atoms. The summed E-state index contributed by atoms with van der Waals surface area (Å²) in [6.45, 7) is 4.18. The summed E-state index contributed by atoms with van der Waals surface area (Å²) in [5.74, 6) is 0. The summed E-state index contributed by atoms with van der Waals surface area (Å²) < 4.78 is 2.31. The van der Waals surface area contributed by atoms with Gasteiger partial charge in [0.15, 0.2) is 0 Å². The number of hydrogen-bond acceptors (Lipinski definition) is 2. The van der Waals surface area contributed by atoms with Crippen LogP contribution in [-0.4, -0.2) is 10.8 Å². The first-order valence-corrected chi connectivity index (χ1v) is 7.58. The third-order valence-electron chi connectivity index (χ3n) is 2.95. The summed E-state index contributed by atoms with van der Waals surface area (Å²) in [5.41, 5.74) is 2.52. The fraction of sp³-hybridized carbons (Fsp3) is 0.333. The summed E-state index contributed by atoms with van der Waals surface area (Å²) in [6.07, 6.45) is 5.42. The van der Waals surface area contributed by atoms with Gasteiger partial charge in [-0.3, -0.25) is 0 Å². The minimum atomic E-state index is 0.881. The Morgan fingerprint density at radius 1 is 1.17 bits per heavy atom. The molecule has 0 amide bonds. The monoisotopic (exact) mass is 260 g/mol. The van der Waals surface area contributed by atoms with Crippen molar-refractivity contribution in [3.05, 3.63) is 48.3 Å². The zero-order valence-corrected chi connectivity index (χ0v) is 11.8. The SMILES string of the molecule is CCCn1cccc1CNc1ccc(SC)cc1. The molecule has 0 saturated carbocycles. The zero-order chi connectivity index (χ0) is 12.8. The molecule has 2 aromatic rings. The molecule has 0 radical (unpaired) electrons. The number of aromatic nitrogens is 1. The summed E-state index contributed by atoms with van der Waals surface area (Å²) >= 11 is 1.77. The van der Waals surface area contributed by atoms with E-state index in [1.807, 2.05) is 0 Å². The second kappa shape index (κ2) is 6.55. The van der Waals surface area contributed by atoms with E-state index in [0.29, 0.717) is 0 Å². The normalized spacial score (nSPS) is 10.6. The van der Waals surface area contributed by atoms with Crippen LogP contribution in [0.5, 0.6) is 0 Å². The van der Waals surface area contributed by atoms with Gasteiger partial charge in [-0.15, -0.1) is 11.8 Å². The second-order valence-electron chi connectivity index (χ2n) is 4.27. The van der Waals surface area contributed by atoms with E-state index in [0.717, 1.165) is 13.1 Å². The summed E-state index contributed by atoms with van der Waals surface area (Å²) in [4.78, 5) is 1.30. The largest absolute Gasteiger partial charge is 0.379 e. The predicted molar refractivity (Wildman–Crippen MR) is 80.3 cm³/mol. The number of benzene rings is 1. The van der Waals surface area contributed by atoms with Crippen LogP contribution in [0.1, 0.15) is 19.0 Å². The molecule has 1 aromatic carbocycles. The highest BCUT2D eigenvalue weighted by Crippen LogP contribution is 2.18. The van der Waals surface area contributed by atoms with Crippen molar-refractivity contribution in [1.29, 1.82) is 0 Å². The molecule has 2 nitrogen and oxygen atoms in total. The molecule has 0 bridgehead atoms. The molecule has 18 heavy (non-hydrogen) atoms. The average Bonchev–Trinajstić information content (AvgIpc) is 2.85. The molecule has 0 atom stereocenters. The quantitative estimate of drug-likeness (QED) is 0.783. The molecule has 3 heteroatoms. The van der Waals surface area contributed by atoms with Crippen LogP contribution in [0, 0.1) is 0 Å². The third-order valence-corrected chi connectivity index (χ3v) is 3.70. The standard InChI is InChI=1S/C15H20N2S/c1-3-10-17-11-4-5-14(17)12-16-13-6-8-15(18-2)9-7-13/h4-9,11,16H,3,10,12H2,1-2H3. The first-order valence-electron chi connectivity index (χ1n) is 6.35. The Balaban J connectivity index is 1.95. The molecule has 1 N–H and O–H groups in total. The van der Waals surface area contributed by atoms with Crippen molar-refractivity contribution in [2.45, 2.75) is 31.3 Å². The highest BCUT2D eigenvalue weighted by Gasteiger charge is 2.00. The highest BCUT2D eigenvalue weighted by molar-refractivity contribution is 7.98. The molecular formula is C15H20N2S. The van der Waals surface area contributed by atoms with Crippen molar-refractivity contribution in [2.24, 2.45) is 0 Å². The first kappa shape index (κ1) is 13.1. The van der Waals surface area contributed by atoms with Gasteiger partial charge in [-0.2, -0.15) is 0 Å². The highest BCUT2D eigenvalue weighted by atomic mass is 32.2. The van der Waals surface area contributed by atoms with Gasteiger partial charge in [0.1, 0.15) is 0 Å². The Labute approximate surface area is 113 Å². The number of thioether (sulfide) groups is 1. The summed E-state index contributed by atoms with van der Waals surface area (Å²) in [7, 11) is 0. The summed E-state index contributed by atoms with van der Waals surface area (Å²) in [5, 5.41) is 3.47. The Bertz CT molecular complexity index is 473. The number of nitrogens with one attached hydrogen (secondary N) is 1. The fourth-order valence-electron chi connectivity index (χ4n) is 1.97. The molecule has 96 valence electrons. The first-order chi connectivity index (χ1) is 8.83. The Kier molecular flexibility index (Phi) is 4.76. The van der Waals surface area contributed by atoms with Gasteiger partial charge in [0.25, 0.3) is 0 Å². The second-order valence-corrected chi connectivity index (χ2v) is 5.15. The van der Waals surface area contributed by atoms with Crippen molar-refractivity contribution in [1.82, 2.24) is 4.57 Å². The summed E-state index contributed by atoms with van der Waals surface area (Å²) in [6, 6.07) is 12.9. The molecular weight excluding hydrogens is 240 g/mol. The topological polar surface area (TPSA) is 17.0 Å². The van der Waals surface area contributed by atoms with Gasteiger partial charge in [0.2, 0.25) is 0 Å². The minimum Gasteiger partial charge on any atom is -0.379 e. The van der Waals surface area contributed by atoms with E-state index in [4.69, 9.17) is 0 Å². The van der Waals surface area contributed by atoms with Crippen LogP contribution in [0.15, 0.2) is 47.5 Å². The Morgan fingerprint density at radius 2 is 1.94 bits per heavy atom. The van der Waals surface area contributed by atoms with E-state index in [1.54, 1.807) is 11.8 Å². The van der Waals surface area contributed by atoms with E-state index in [2.05, 4.69) is 65.7 Å². The molecule has 0 unspecified atom stereocenters. The van der Waals surface area contributed by atoms with Crippen molar-refractivity contribution >= 4 is 17.4 Å². The van der Waals surface area contributed by atoms with E-state index in [-0.39, 0.29) is 0 Å². The van der Waals surface area contributed by atoms with Crippen LogP contribution in [0.25, 0.3) is 0 Å². The van der Waals surface area contributed by atoms with Crippen LogP contribution in [-0.2, 0) is 13.1 Å². The number of aryl methyl sites for hydroxylation is 1. The number of nitrogens with zero attached hydrogens (tertiary/aromatic N) is 1. The van der Waals surface area contributed by atoms with Gasteiger partial charge in [-0.1, -0.05) is 6.92 Å². The third kappa shape index (κ3) is 3.33. The van der Waals surface area contributed by atoms with Gasteiger partial charge >= 0.3 is 0 Å². The van der Waals surface area contributed by atoms with Crippen molar-refractivity contribution < 1.29 is 0 Å². The molecule has 0 aliphatic heterocycles. The van der Waals surface area contributed by atoms with E-state index >= 15 is 0 Å². The molecule has 0 saturated heterocycles. The van der Waals surface area contributed by atoms with Gasteiger partial charge in [0.05, 0.1) is 6.54 Å². The number of hydrogen-bond donors (Lipinski definition) is 1. The lowest BCUT2D eigenvalue weighted by Crippen LogP contribution is -2.06. The molecule has 0 fully saturated rings. The zero-order valence-electron chi connectivity index (χ0n) is 11.0. The number of anilines is 1. The van der Waals surface area contributed by atoms with Crippen LogP contribution in [0.2, 0.25) is 0 Å². The van der Waals surface area contributed by atoms with E-state index < -0.39 is 0 Å². The molecule has 1 aromatic heterocycles. The van der Waals surface area contributed by atoms with Gasteiger partial charge in [-0.05, 0) is 49.1 Å². The molecule has 1 heterocycles. The maximum Gasteiger partial charge on any atom is 0.0553 e. The Morgan fingerprint density at radius 3 is 2.61 bits per heavy atom. The molecule has 0 aliphatic rings. The maximum atomic E-state index is 3.47. The fourth-order valence-corrected chi connectivity index (χ4v) is 2.38. The van der Waals surface area contributed by atoms with Gasteiger partial charge in [0, 0.05) is 29.0 Å². The van der Waals surface area contributed by atoms with Crippen LogP contribution >= 0.6 is 11.8 Å². The molecule has 2 rings (SSSR count). The predicted octanol–water partition coefficient (Wildman–Crippen LogP) is 4.23. The van der Waals surface area contributed by atoms with Gasteiger partial charge < -0.3 is 9.88 Å². The lowest BCUT2D eigenvalue weighted by atomic mass is 10.3.